The van der Waals surface area contributed by atoms with E-state index in [-0.39, 0.29) is 11.1 Å². The predicted octanol–water partition coefficient (Wildman–Crippen LogP) is 7.48. The predicted molar refractivity (Wildman–Crippen MR) is 152 cm³/mol. The Morgan fingerprint density at radius 2 is 1.69 bits per heavy atom. The van der Waals surface area contributed by atoms with Crippen molar-refractivity contribution in [1.82, 2.24) is 4.98 Å². The zero-order valence-electron chi connectivity index (χ0n) is 20.3. The average molecular weight is 518 g/mol. The minimum absolute atomic E-state index is 0.139. The van der Waals surface area contributed by atoms with Crippen LogP contribution in [-0.4, -0.2) is 23.2 Å². The molecule has 0 aliphatic carbocycles. The lowest BCUT2D eigenvalue weighted by Gasteiger charge is -2.08. The molecule has 0 bridgehead atoms. The van der Waals surface area contributed by atoms with Gasteiger partial charge in [-0.1, -0.05) is 72.3 Å². The maximum Gasteiger partial charge on any atom is 0.338 e. The van der Waals surface area contributed by atoms with Crippen LogP contribution in [0.1, 0.15) is 46.1 Å². The van der Waals surface area contributed by atoms with E-state index in [1.54, 1.807) is 0 Å². The number of esters is 1. The number of benzene rings is 3. The average Bonchev–Trinajstić information content (AvgIpc) is 2.87. The lowest BCUT2D eigenvalue weighted by Crippen LogP contribution is -2.05. The smallest absolute Gasteiger partial charge is 0.338 e. The third-order valence-corrected chi connectivity index (χ3v) is 5.64. The number of methoxy groups -OCH3 is 1. The summed E-state index contributed by atoms with van der Waals surface area (Å²) in [6, 6.07) is 25.9. The lowest BCUT2D eigenvalue weighted by molar-refractivity contribution is -0.108. The molecule has 0 aliphatic rings. The van der Waals surface area contributed by atoms with Crippen LogP contribution in [0.25, 0.3) is 23.1 Å². The minimum Gasteiger partial charge on any atom is -0.465 e. The Labute approximate surface area is 222 Å². The van der Waals surface area contributed by atoms with Gasteiger partial charge in [-0.25, -0.2) is 9.78 Å². The first kappa shape index (κ1) is 27.2. The van der Waals surface area contributed by atoms with E-state index in [9.17, 15) is 9.59 Å². The maximum absolute atomic E-state index is 11.9. The molecule has 0 fully saturated rings. The van der Waals surface area contributed by atoms with E-state index in [1.165, 1.54) is 19.6 Å². The molecule has 0 saturated heterocycles. The number of carbonyl (C=O) groups excluding carboxylic acids is 2. The summed E-state index contributed by atoms with van der Waals surface area (Å²) in [5.41, 5.74) is 5.85. The molecular formula is C30H28ClNO3S. The summed E-state index contributed by atoms with van der Waals surface area (Å²) in [7, 11) is 1.42. The maximum atomic E-state index is 11.9. The van der Waals surface area contributed by atoms with Gasteiger partial charge in [0, 0.05) is 17.3 Å². The summed E-state index contributed by atoms with van der Waals surface area (Å²) in [6.07, 6.45) is 6.81. The number of aromatic nitrogens is 1. The van der Waals surface area contributed by atoms with E-state index in [0.29, 0.717) is 10.6 Å². The van der Waals surface area contributed by atoms with Crippen LogP contribution >= 0.6 is 24.2 Å². The molecule has 0 aliphatic heterocycles. The molecule has 0 N–H and O–H groups in total. The SMILES string of the molecule is CC(=O)S.COC(=O)c1ccccc1CCCc1cccc(/C=C/c2ccc3ccc(Cl)cc3n2)c1. The topological polar surface area (TPSA) is 56.3 Å². The fourth-order valence-corrected chi connectivity index (χ4v) is 3.93. The molecule has 1 aromatic heterocycles. The molecular weight excluding hydrogens is 490 g/mol. The second-order valence-electron chi connectivity index (χ2n) is 8.17. The zero-order valence-corrected chi connectivity index (χ0v) is 21.9. The van der Waals surface area contributed by atoms with Crippen molar-refractivity contribution in [2.45, 2.75) is 26.2 Å². The fourth-order valence-electron chi connectivity index (χ4n) is 3.76. The highest BCUT2D eigenvalue weighted by molar-refractivity contribution is 7.96. The van der Waals surface area contributed by atoms with Gasteiger partial charge in [-0.3, -0.25) is 4.79 Å². The molecule has 0 radical (unpaired) electrons. The third-order valence-electron chi connectivity index (χ3n) is 5.41. The molecule has 184 valence electrons. The van der Waals surface area contributed by atoms with Gasteiger partial charge < -0.3 is 4.74 Å². The monoisotopic (exact) mass is 517 g/mol. The quantitative estimate of drug-likeness (QED) is 0.204. The molecule has 0 spiro atoms. The van der Waals surface area contributed by atoms with Crippen molar-refractivity contribution in [3.63, 3.8) is 0 Å². The van der Waals surface area contributed by atoms with E-state index >= 15 is 0 Å². The normalized spacial score (nSPS) is 10.7. The summed E-state index contributed by atoms with van der Waals surface area (Å²) < 4.78 is 4.89. The highest BCUT2D eigenvalue weighted by Crippen LogP contribution is 2.19. The highest BCUT2D eigenvalue weighted by Gasteiger charge is 2.10. The van der Waals surface area contributed by atoms with Gasteiger partial charge in [-0.2, -0.15) is 0 Å². The number of aryl methyl sites for hydroxylation is 2. The standard InChI is InChI=1S/C28H24ClNO2.C2H4OS/c1-32-28(31)26-11-3-2-9-22(26)10-5-8-20-6-4-7-21(18-20)12-16-25-17-14-23-13-15-24(29)19-27(23)30-25;1-2(3)4/h2-4,6-7,9,11-19H,5,8,10H2,1H3;1H3,(H,3,4)/b16-12+;. The van der Waals surface area contributed by atoms with Gasteiger partial charge in [0.15, 0.2) is 5.12 Å². The first-order valence-corrected chi connectivity index (χ1v) is 12.4. The Balaban J connectivity index is 0.000000840. The first-order valence-electron chi connectivity index (χ1n) is 11.5. The first-order chi connectivity index (χ1) is 17.4. The van der Waals surface area contributed by atoms with Gasteiger partial charge in [-0.15, -0.1) is 12.6 Å². The number of carbonyl (C=O) groups is 2. The summed E-state index contributed by atoms with van der Waals surface area (Å²) in [5.74, 6) is -0.280. The van der Waals surface area contributed by atoms with E-state index in [0.717, 1.165) is 47.0 Å². The van der Waals surface area contributed by atoms with Crippen LogP contribution in [0.4, 0.5) is 0 Å². The van der Waals surface area contributed by atoms with Crippen LogP contribution in [0.2, 0.25) is 5.02 Å². The number of hydrogen-bond acceptors (Lipinski definition) is 4. The van der Waals surface area contributed by atoms with Gasteiger partial charge in [0.05, 0.1) is 23.9 Å². The molecule has 4 nitrogen and oxygen atoms in total. The molecule has 4 rings (SSSR count). The van der Waals surface area contributed by atoms with Gasteiger partial charge in [0.25, 0.3) is 0 Å². The van der Waals surface area contributed by atoms with Crippen molar-refractivity contribution in [2.24, 2.45) is 0 Å². The van der Waals surface area contributed by atoms with E-state index in [2.05, 4.69) is 54.0 Å². The summed E-state index contributed by atoms with van der Waals surface area (Å²) in [5, 5.41) is 1.62. The van der Waals surface area contributed by atoms with Crippen LogP contribution in [0, 0.1) is 0 Å². The Morgan fingerprint density at radius 3 is 2.47 bits per heavy atom. The van der Waals surface area contributed by atoms with E-state index < -0.39 is 0 Å². The number of hydrogen-bond donors (Lipinski definition) is 1. The number of fused-ring (bicyclic) bond motifs is 1. The number of nitrogens with zero attached hydrogens (tertiary/aromatic N) is 1. The molecule has 0 unspecified atom stereocenters. The number of halogens is 1. The van der Waals surface area contributed by atoms with E-state index in [1.807, 2.05) is 54.6 Å². The van der Waals surface area contributed by atoms with Gasteiger partial charge in [-0.05, 0) is 66.3 Å². The minimum atomic E-state index is -0.280. The van der Waals surface area contributed by atoms with Crippen molar-refractivity contribution in [2.75, 3.05) is 7.11 Å². The molecule has 0 amide bonds. The number of thiol groups is 1. The summed E-state index contributed by atoms with van der Waals surface area (Å²) in [6.45, 7) is 1.39. The largest absolute Gasteiger partial charge is 0.465 e. The van der Waals surface area contributed by atoms with Crippen molar-refractivity contribution < 1.29 is 14.3 Å². The molecule has 36 heavy (non-hydrogen) atoms. The summed E-state index contributed by atoms with van der Waals surface area (Å²) in [4.78, 5) is 25.9. The van der Waals surface area contributed by atoms with Crippen molar-refractivity contribution in [3.05, 3.63) is 112 Å². The molecule has 0 atom stereocenters. The third kappa shape index (κ3) is 8.36. The zero-order chi connectivity index (χ0) is 25.9. The Hall–Kier alpha value is -3.41. The summed E-state index contributed by atoms with van der Waals surface area (Å²) >= 11 is 9.42. The van der Waals surface area contributed by atoms with Crippen LogP contribution in [-0.2, 0) is 22.4 Å². The molecule has 4 aromatic rings. The van der Waals surface area contributed by atoms with Crippen LogP contribution in [0.5, 0.6) is 0 Å². The van der Waals surface area contributed by atoms with Crippen LogP contribution in [0.3, 0.4) is 0 Å². The van der Waals surface area contributed by atoms with Crippen LogP contribution < -0.4 is 0 Å². The second kappa shape index (κ2) is 13.6. The van der Waals surface area contributed by atoms with Crippen LogP contribution in [0.15, 0.2) is 78.9 Å². The van der Waals surface area contributed by atoms with Crippen molar-refractivity contribution in [3.8, 4) is 0 Å². The second-order valence-corrected chi connectivity index (χ2v) is 9.24. The highest BCUT2D eigenvalue weighted by atomic mass is 35.5. The molecule has 3 aromatic carbocycles. The number of rotatable bonds is 7. The number of ether oxygens (including phenoxy) is 1. The fraction of sp³-hybridized carbons (Fsp3) is 0.167. The Kier molecular flexibility index (Phi) is 10.3. The Bertz CT molecular complexity index is 1380. The lowest BCUT2D eigenvalue weighted by atomic mass is 9.99. The molecule has 0 saturated carbocycles. The van der Waals surface area contributed by atoms with Gasteiger partial charge >= 0.3 is 5.97 Å². The molecule has 1 heterocycles. The van der Waals surface area contributed by atoms with Gasteiger partial charge in [0.2, 0.25) is 0 Å². The van der Waals surface area contributed by atoms with Crippen molar-refractivity contribution >= 4 is 58.4 Å². The van der Waals surface area contributed by atoms with E-state index in [4.69, 9.17) is 16.3 Å². The Morgan fingerprint density at radius 1 is 0.944 bits per heavy atom. The number of pyridine rings is 1. The molecule has 6 heteroatoms. The van der Waals surface area contributed by atoms with Crippen molar-refractivity contribution in [1.29, 1.82) is 0 Å². The van der Waals surface area contributed by atoms with Gasteiger partial charge in [0.1, 0.15) is 0 Å².